The molecule has 0 N–H and O–H groups in total. The standard InChI is InChI=1S/C15H28O3/c1-5-6-7-8-9-10-11-13(16)18-14(17)12-15(2,3)4/h5-12H2,1-4H3. The van der Waals surface area contributed by atoms with Crippen molar-refractivity contribution in [2.24, 2.45) is 5.41 Å². The summed E-state index contributed by atoms with van der Waals surface area (Å²) in [6.45, 7) is 8.03. The molecule has 106 valence electrons. The molecule has 0 aromatic heterocycles. The summed E-state index contributed by atoms with van der Waals surface area (Å²) < 4.78 is 4.78. The van der Waals surface area contributed by atoms with Crippen molar-refractivity contribution in [2.75, 3.05) is 0 Å². The summed E-state index contributed by atoms with van der Waals surface area (Å²) in [5, 5.41) is 0. The summed E-state index contributed by atoms with van der Waals surface area (Å²) >= 11 is 0. The Morgan fingerprint density at radius 2 is 1.44 bits per heavy atom. The lowest BCUT2D eigenvalue weighted by Gasteiger charge is -2.15. The zero-order chi connectivity index (χ0) is 14.0. The van der Waals surface area contributed by atoms with Gasteiger partial charge in [-0.05, 0) is 11.8 Å². The highest BCUT2D eigenvalue weighted by molar-refractivity contribution is 5.85. The van der Waals surface area contributed by atoms with E-state index in [9.17, 15) is 9.59 Å². The lowest BCUT2D eigenvalue weighted by atomic mass is 9.92. The molecule has 0 unspecified atom stereocenters. The van der Waals surface area contributed by atoms with E-state index < -0.39 is 5.97 Å². The van der Waals surface area contributed by atoms with E-state index in [0.29, 0.717) is 6.42 Å². The van der Waals surface area contributed by atoms with E-state index in [1.807, 2.05) is 20.8 Å². The van der Waals surface area contributed by atoms with Crippen molar-refractivity contribution < 1.29 is 14.3 Å². The number of esters is 2. The number of rotatable bonds is 8. The molecule has 0 aromatic carbocycles. The number of hydrogen-bond acceptors (Lipinski definition) is 3. The minimum atomic E-state index is -0.404. The molecule has 0 amide bonds. The van der Waals surface area contributed by atoms with Crippen LogP contribution in [0.5, 0.6) is 0 Å². The van der Waals surface area contributed by atoms with E-state index in [0.717, 1.165) is 19.3 Å². The summed E-state index contributed by atoms with van der Waals surface area (Å²) in [6, 6.07) is 0. The zero-order valence-electron chi connectivity index (χ0n) is 12.4. The largest absolute Gasteiger partial charge is 0.393 e. The average molecular weight is 256 g/mol. The van der Waals surface area contributed by atoms with Gasteiger partial charge < -0.3 is 4.74 Å². The van der Waals surface area contributed by atoms with E-state index in [1.165, 1.54) is 19.3 Å². The van der Waals surface area contributed by atoms with Crippen molar-refractivity contribution in [2.45, 2.75) is 79.1 Å². The van der Waals surface area contributed by atoms with Crippen LogP contribution in [0.2, 0.25) is 0 Å². The minimum Gasteiger partial charge on any atom is -0.393 e. The minimum absolute atomic E-state index is 0.127. The Morgan fingerprint density at radius 3 is 2.00 bits per heavy atom. The summed E-state index contributed by atoms with van der Waals surface area (Å²) in [7, 11) is 0. The van der Waals surface area contributed by atoms with Crippen molar-refractivity contribution in [1.82, 2.24) is 0 Å². The molecule has 0 spiro atoms. The number of hydrogen-bond donors (Lipinski definition) is 0. The number of ether oxygens (including phenoxy) is 1. The van der Waals surface area contributed by atoms with Gasteiger partial charge in [0.15, 0.2) is 0 Å². The highest BCUT2D eigenvalue weighted by Crippen LogP contribution is 2.19. The highest BCUT2D eigenvalue weighted by Gasteiger charge is 2.19. The smallest absolute Gasteiger partial charge is 0.313 e. The fourth-order valence-corrected chi connectivity index (χ4v) is 1.70. The molecule has 0 aliphatic carbocycles. The van der Waals surface area contributed by atoms with Crippen LogP contribution in [0.25, 0.3) is 0 Å². The normalized spacial score (nSPS) is 11.3. The van der Waals surface area contributed by atoms with Gasteiger partial charge in [-0.15, -0.1) is 0 Å². The van der Waals surface area contributed by atoms with Crippen LogP contribution in [0.4, 0.5) is 0 Å². The molecule has 0 aliphatic rings. The molecular weight excluding hydrogens is 228 g/mol. The molecular formula is C15H28O3. The van der Waals surface area contributed by atoms with Crippen molar-refractivity contribution in [3.63, 3.8) is 0 Å². The van der Waals surface area contributed by atoms with Crippen molar-refractivity contribution in [1.29, 1.82) is 0 Å². The Balaban J connectivity index is 3.56. The maximum Gasteiger partial charge on any atom is 0.313 e. The molecule has 0 fully saturated rings. The van der Waals surface area contributed by atoms with E-state index in [2.05, 4.69) is 6.92 Å². The molecule has 18 heavy (non-hydrogen) atoms. The van der Waals surface area contributed by atoms with Gasteiger partial charge in [0, 0.05) is 6.42 Å². The molecule has 0 saturated heterocycles. The molecule has 0 aromatic rings. The van der Waals surface area contributed by atoms with Gasteiger partial charge >= 0.3 is 11.9 Å². The summed E-state index contributed by atoms with van der Waals surface area (Å²) in [4.78, 5) is 22.8. The molecule has 0 radical (unpaired) electrons. The first kappa shape index (κ1) is 17.1. The van der Waals surface area contributed by atoms with Crippen LogP contribution < -0.4 is 0 Å². The van der Waals surface area contributed by atoms with Crippen molar-refractivity contribution in [3.05, 3.63) is 0 Å². The van der Waals surface area contributed by atoms with Gasteiger partial charge in [-0.25, -0.2) is 0 Å². The van der Waals surface area contributed by atoms with Crippen LogP contribution in [0.15, 0.2) is 0 Å². The van der Waals surface area contributed by atoms with Crippen LogP contribution >= 0.6 is 0 Å². The molecule has 0 saturated carbocycles. The van der Waals surface area contributed by atoms with Gasteiger partial charge in [-0.3, -0.25) is 9.59 Å². The molecule has 0 atom stereocenters. The highest BCUT2D eigenvalue weighted by atomic mass is 16.6. The first-order chi connectivity index (χ1) is 8.35. The van der Waals surface area contributed by atoms with Gasteiger partial charge in [0.2, 0.25) is 0 Å². The number of unbranched alkanes of at least 4 members (excludes halogenated alkanes) is 5. The molecule has 0 bridgehead atoms. The van der Waals surface area contributed by atoms with Crippen LogP contribution in [0, 0.1) is 5.41 Å². The monoisotopic (exact) mass is 256 g/mol. The van der Waals surface area contributed by atoms with E-state index >= 15 is 0 Å². The fraction of sp³-hybridized carbons (Fsp3) is 0.867. The summed E-state index contributed by atoms with van der Waals surface area (Å²) in [5.41, 5.74) is -0.127. The zero-order valence-corrected chi connectivity index (χ0v) is 12.4. The van der Waals surface area contributed by atoms with Crippen molar-refractivity contribution >= 4 is 11.9 Å². The first-order valence-electron chi connectivity index (χ1n) is 7.08. The molecule has 3 heteroatoms. The SMILES string of the molecule is CCCCCCCCC(=O)OC(=O)CC(C)(C)C. The average Bonchev–Trinajstić information content (AvgIpc) is 2.20. The third-order valence-electron chi connectivity index (χ3n) is 2.64. The predicted molar refractivity (Wildman–Crippen MR) is 73.2 cm³/mol. The topological polar surface area (TPSA) is 43.4 Å². The Kier molecular flexibility index (Phi) is 8.69. The van der Waals surface area contributed by atoms with E-state index in [4.69, 9.17) is 4.74 Å². The third kappa shape index (κ3) is 11.6. The van der Waals surface area contributed by atoms with E-state index in [1.54, 1.807) is 0 Å². The van der Waals surface area contributed by atoms with Crippen LogP contribution in [-0.2, 0) is 14.3 Å². The van der Waals surface area contributed by atoms with Gasteiger partial charge in [0.05, 0.1) is 6.42 Å². The Bertz CT molecular complexity index is 251. The maximum atomic E-state index is 11.4. The lowest BCUT2D eigenvalue weighted by molar-refractivity contribution is -0.160. The summed E-state index contributed by atoms with van der Waals surface area (Å²) in [6.07, 6.45) is 7.40. The van der Waals surface area contributed by atoms with Crippen LogP contribution in [0.1, 0.15) is 79.1 Å². The van der Waals surface area contributed by atoms with Gasteiger partial charge in [0.1, 0.15) is 0 Å². The second kappa shape index (κ2) is 9.12. The number of carbonyl (C=O) groups excluding carboxylic acids is 2. The molecule has 0 rings (SSSR count). The molecule has 0 aliphatic heterocycles. The van der Waals surface area contributed by atoms with Crippen LogP contribution in [-0.4, -0.2) is 11.9 Å². The predicted octanol–water partition coefficient (Wildman–Crippen LogP) is 4.24. The maximum absolute atomic E-state index is 11.4. The fourth-order valence-electron chi connectivity index (χ4n) is 1.70. The van der Waals surface area contributed by atoms with E-state index in [-0.39, 0.29) is 17.8 Å². The third-order valence-corrected chi connectivity index (χ3v) is 2.64. The molecule has 3 nitrogen and oxygen atoms in total. The Hall–Kier alpha value is -0.860. The Morgan fingerprint density at radius 1 is 0.889 bits per heavy atom. The van der Waals surface area contributed by atoms with Gasteiger partial charge in [-0.1, -0.05) is 59.8 Å². The lowest BCUT2D eigenvalue weighted by Crippen LogP contribution is -2.18. The van der Waals surface area contributed by atoms with Crippen molar-refractivity contribution in [3.8, 4) is 0 Å². The second-order valence-electron chi connectivity index (χ2n) is 6.10. The van der Waals surface area contributed by atoms with Gasteiger partial charge in [-0.2, -0.15) is 0 Å². The van der Waals surface area contributed by atoms with Gasteiger partial charge in [0.25, 0.3) is 0 Å². The quantitative estimate of drug-likeness (QED) is 0.370. The summed E-state index contributed by atoms with van der Waals surface area (Å²) in [5.74, 6) is -0.779. The van der Waals surface area contributed by atoms with Crippen LogP contribution in [0.3, 0.4) is 0 Å². The Labute approximate surface area is 111 Å². The second-order valence-corrected chi connectivity index (χ2v) is 6.10. The molecule has 0 heterocycles. The number of carbonyl (C=O) groups is 2. The first-order valence-corrected chi connectivity index (χ1v) is 7.08.